The fourth-order valence-electron chi connectivity index (χ4n) is 3.60. The summed E-state index contributed by atoms with van der Waals surface area (Å²) in [4.78, 5) is 21.1. The number of aromatic nitrogens is 5. The van der Waals surface area contributed by atoms with Crippen molar-refractivity contribution in [3.05, 3.63) is 67.0 Å². The lowest BCUT2D eigenvalue weighted by atomic mass is 10.2. The van der Waals surface area contributed by atoms with E-state index >= 15 is 0 Å². The van der Waals surface area contributed by atoms with E-state index in [9.17, 15) is 4.79 Å². The van der Waals surface area contributed by atoms with E-state index in [1.807, 2.05) is 47.4 Å². The predicted molar refractivity (Wildman–Crippen MR) is 120 cm³/mol. The Morgan fingerprint density at radius 1 is 0.935 bits per heavy atom. The van der Waals surface area contributed by atoms with Crippen LogP contribution in [0.1, 0.15) is 0 Å². The quantitative estimate of drug-likeness (QED) is 0.450. The van der Waals surface area contributed by atoms with Crippen molar-refractivity contribution in [1.29, 1.82) is 0 Å². The molecule has 1 aliphatic heterocycles. The molecule has 1 fully saturated rings. The number of carbonyl (C=O) groups is 1. The summed E-state index contributed by atoms with van der Waals surface area (Å²) in [6, 6.07) is 17.8. The standard InChI is InChI=1S/C22H21N7OS/c30-21(28-13-11-27(12-14-28)18-6-2-1-3-7-18)16-31-20-9-8-19-24-25-22(29(19)26-20)17-5-4-10-23-15-17/h1-10,15H,11-14,16H2. The molecular weight excluding hydrogens is 410 g/mol. The largest absolute Gasteiger partial charge is 0.368 e. The molecule has 0 bridgehead atoms. The van der Waals surface area contributed by atoms with Crippen LogP contribution in [-0.2, 0) is 4.79 Å². The average Bonchev–Trinajstić information content (AvgIpc) is 3.27. The molecule has 4 heterocycles. The number of pyridine rings is 1. The van der Waals surface area contributed by atoms with Crippen molar-refractivity contribution in [2.45, 2.75) is 5.03 Å². The smallest absolute Gasteiger partial charge is 0.233 e. The number of amides is 1. The Balaban J connectivity index is 1.21. The van der Waals surface area contributed by atoms with Crippen LogP contribution < -0.4 is 4.90 Å². The number of anilines is 1. The van der Waals surface area contributed by atoms with E-state index in [1.165, 1.54) is 17.4 Å². The topological polar surface area (TPSA) is 79.5 Å². The van der Waals surface area contributed by atoms with E-state index in [0.717, 1.165) is 36.8 Å². The molecule has 5 rings (SSSR count). The number of carbonyl (C=O) groups excluding carboxylic acids is 1. The van der Waals surface area contributed by atoms with Crippen molar-refractivity contribution in [1.82, 2.24) is 29.7 Å². The van der Waals surface area contributed by atoms with E-state index in [2.05, 4.69) is 37.3 Å². The van der Waals surface area contributed by atoms with Gasteiger partial charge in [-0.3, -0.25) is 9.78 Å². The van der Waals surface area contributed by atoms with Crippen molar-refractivity contribution in [2.24, 2.45) is 0 Å². The van der Waals surface area contributed by atoms with E-state index in [4.69, 9.17) is 0 Å². The highest BCUT2D eigenvalue weighted by molar-refractivity contribution is 7.99. The van der Waals surface area contributed by atoms with Gasteiger partial charge >= 0.3 is 0 Å². The van der Waals surface area contributed by atoms with Crippen molar-refractivity contribution < 1.29 is 4.79 Å². The summed E-state index contributed by atoms with van der Waals surface area (Å²) in [6.07, 6.45) is 3.45. The monoisotopic (exact) mass is 431 g/mol. The maximum absolute atomic E-state index is 12.7. The van der Waals surface area contributed by atoms with Crippen LogP contribution in [0.25, 0.3) is 17.0 Å². The summed E-state index contributed by atoms with van der Waals surface area (Å²) in [6.45, 7) is 3.16. The molecule has 0 atom stereocenters. The minimum absolute atomic E-state index is 0.135. The van der Waals surface area contributed by atoms with E-state index < -0.39 is 0 Å². The van der Waals surface area contributed by atoms with Gasteiger partial charge in [-0.05, 0) is 36.4 Å². The lowest BCUT2D eigenvalue weighted by Crippen LogP contribution is -2.49. The SMILES string of the molecule is O=C(CSc1ccc2nnc(-c3cccnc3)n2n1)N1CCN(c2ccccc2)CC1. The number of para-hydroxylation sites is 1. The van der Waals surface area contributed by atoms with Crippen LogP contribution in [0.4, 0.5) is 5.69 Å². The average molecular weight is 432 g/mol. The van der Waals surface area contributed by atoms with Gasteiger partial charge in [0, 0.05) is 49.8 Å². The molecule has 1 saturated heterocycles. The Morgan fingerprint density at radius 3 is 2.55 bits per heavy atom. The first kappa shape index (κ1) is 19.5. The minimum atomic E-state index is 0.135. The van der Waals surface area contributed by atoms with Gasteiger partial charge in [-0.2, -0.15) is 9.61 Å². The third-order valence-electron chi connectivity index (χ3n) is 5.26. The number of hydrogen-bond donors (Lipinski definition) is 0. The lowest BCUT2D eigenvalue weighted by molar-refractivity contribution is -0.128. The highest BCUT2D eigenvalue weighted by Gasteiger charge is 2.21. The van der Waals surface area contributed by atoms with Crippen LogP contribution in [0.15, 0.2) is 72.0 Å². The third-order valence-corrected chi connectivity index (χ3v) is 6.16. The summed E-state index contributed by atoms with van der Waals surface area (Å²) in [5.74, 6) is 1.12. The van der Waals surface area contributed by atoms with Crippen LogP contribution >= 0.6 is 11.8 Å². The highest BCUT2D eigenvalue weighted by Crippen LogP contribution is 2.21. The van der Waals surface area contributed by atoms with E-state index in [-0.39, 0.29) is 5.91 Å². The molecule has 4 aromatic rings. The van der Waals surface area contributed by atoms with Crippen LogP contribution in [0.3, 0.4) is 0 Å². The predicted octanol–water partition coefficient (Wildman–Crippen LogP) is 2.63. The zero-order valence-corrected chi connectivity index (χ0v) is 17.6. The van der Waals surface area contributed by atoms with E-state index in [1.54, 1.807) is 16.9 Å². The Kier molecular flexibility index (Phi) is 5.49. The Morgan fingerprint density at radius 2 is 1.77 bits per heavy atom. The summed E-state index contributed by atoms with van der Waals surface area (Å²) >= 11 is 1.43. The van der Waals surface area contributed by atoms with Crippen LogP contribution in [-0.4, -0.2) is 67.5 Å². The molecule has 0 aliphatic carbocycles. The molecule has 0 saturated carbocycles. The summed E-state index contributed by atoms with van der Waals surface area (Å²) in [7, 11) is 0. The Bertz CT molecular complexity index is 1170. The Hall–Kier alpha value is -3.46. The summed E-state index contributed by atoms with van der Waals surface area (Å²) in [5, 5.41) is 13.8. The molecular formula is C22H21N7OS. The Labute approximate surface area is 183 Å². The van der Waals surface area contributed by atoms with Crippen molar-refractivity contribution in [2.75, 3.05) is 36.8 Å². The third kappa shape index (κ3) is 4.22. The second-order valence-electron chi connectivity index (χ2n) is 7.20. The van der Waals surface area contributed by atoms with Gasteiger partial charge in [-0.15, -0.1) is 10.2 Å². The minimum Gasteiger partial charge on any atom is -0.368 e. The van der Waals surface area contributed by atoms with Gasteiger partial charge < -0.3 is 9.80 Å². The second kappa shape index (κ2) is 8.73. The van der Waals surface area contributed by atoms with Gasteiger partial charge in [-0.25, -0.2) is 0 Å². The number of nitrogens with zero attached hydrogens (tertiary/aromatic N) is 7. The van der Waals surface area contributed by atoms with Crippen molar-refractivity contribution in [3.63, 3.8) is 0 Å². The molecule has 0 unspecified atom stereocenters. The van der Waals surface area contributed by atoms with Crippen LogP contribution in [0.2, 0.25) is 0 Å². The number of fused-ring (bicyclic) bond motifs is 1. The van der Waals surface area contributed by atoms with Crippen LogP contribution in [0, 0.1) is 0 Å². The summed E-state index contributed by atoms with van der Waals surface area (Å²) < 4.78 is 1.70. The van der Waals surface area contributed by atoms with E-state index in [0.29, 0.717) is 17.2 Å². The normalized spacial score (nSPS) is 14.2. The maximum Gasteiger partial charge on any atom is 0.233 e. The first-order chi connectivity index (χ1) is 15.3. The van der Waals surface area contributed by atoms with Crippen LogP contribution in [0.5, 0.6) is 0 Å². The maximum atomic E-state index is 12.7. The van der Waals surface area contributed by atoms with Gasteiger partial charge in [0.1, 0.15) is 5.03 Å². The van der Waals surface area contributed by atoms with Gasteiger partial charge in [0.2, 0.25) is 5.91 Å². The molecule has 0 spiro atoms. The molecule has 1 amide bonds. The van der Waals surface area contributed by atoms with Crippen molar-refractivity contribution in [3.8, 4) is 11.4 Å². The molecule has 156 valence electrons. The first-order valence-corrected chi connectivity index (χ1v) is 11.1. The molecule has 31 heavy (non-hydrogen) atoms. The number of hydrogen-bond acceptors (Lipinski definition) is 7. The number of benzene rings is 1. The fraction of sp³-hybridized carbons (Fsp3) is 0.227. The molecule has 1 aliphatic rings. The number of rotatable bonds is 5. The van der Waals surface area contributed by atoms with Gasteiger partial charge in [0.25, 0.3) is 0 Å². The second-order valence-corrected chi connectivity index (χ2v) is 8.19. The lowest BCUT2D eigenvalue weighted by Gasteiger charge is -2.36. The number of thioether (sulfide) groups is 1. The molecule has 3 aromatic heterocycles. The number of piperazine rings is 1. The molecule has 0 N–H and O–H groups in total. The van der Waals surface area contributed by atoms with Crippen molar-refractivity contribution >= 4 is 29.0 Å². The fourth-order valence-corrected chi connectivity index (χ4v) is 4.36. The molecule has 1 aromatic carbocycles. The zero-order chi connectivity index (χ0) is 21.0. The zero-order valence-electron chi connectivity index (χ0n) is 16.8. The highest BCUT2D eigenvalue weighted by atomic mass is 32.2. The van der Waals surface area contributed by atoms with Gasteiger partial charge in [-0.1, -0.05) is 30.0 Å². The molecule has 0 radical (unpaired) electrons. The first-order valence-electron chi connectivity index (χ1n) is 10.1. The van der Waals surface area contributed by atoms with Gasteiger partial charge in [0.15, 0.2) is 11.5 Å². The van der Waals surface area contributed by atoms with Gasteiger partial charge in [0.05, 0.1) is 5.75 Å². The molecule has 9 heteroatoms. The molecule has 8 nitrogen and oxygen atoms in total. The summed E-state index contributed by atoms with van der Waals surface area (Å²) in [5.41, 5.74) is 2.71.